The van der Waals surface area contributed by atoms with Crippen molar-refractivity contribution in [1.82, 2.24) is 0 Å². The second-order valence-electron chi connectivity index (χ2n) is 4.31. The van der Waals surface area contributed by atoms with Crippen LogP contribution in [0.25, 0.3) is 0 Å². The van der Waals surface area contributed by atoms with E-state index in [1.807, 2.05) is 0 Å². The highest BCUT2D eigenvalue weighted by Gasteiger charge is 2.17. The molecule has 0 heterocycles. The summed E-state index contributed by atoms with van der Waals surface area (Å²) in [5.74, 6) is 0.0660. The Kier molecular flexibility index (Phi) is 5.34. The molecule has 6 heteroatoms. The highest BCUT2D eigenvalue weighted by Crippen LogP contribution is 2.32. The first kappa shape index (κ1) is 16.0. The highest BCUT2D eigenvalue weighted by atomic mass is 35.5. The van der Waals surface area contributed by atoms with E-state index >= 15 is 0 Å². The van der Waals surface area contributed by atoms with Crippen molar-refractivity contribution in [2.24, 2.45) is 0 Å². The maximum Gasteiger partial charge on any atom is 0.265 e. The van der Waals surface area contributed by atoms with Crippen molar-refractivity contribution >= 4 is 46.4 Å². The van der Waals surface area contributed by atoms with Gasteiger partial charge in [-0.3, -0.25) is 4.79 Å². The molecule has 110 valence electrons. The van der Waals surface area contributed by atoms with E-state index in [2.05, 4.69) is 5.32 Å². The van der Waals surface area contributed by atoms with Crippen LogP contribution in [-0.2, 0) is 4.79 Å². The standard InChI is InChI=1S/C15H12Cl3NO2/c1-9(21-13-4-2-3-12(17)14(13)18)15(20)19-11-7-5-10(16)6-8-11/h2-9H,1H3,(H,19,20)/t9-/m0/s1. The number of carbonyl (C=O) groups excluding carboxylic acids is 1. The fourth-order valence-electron chi connectivity index (χ4n) is 1.60. The number of anilines is 1. The van der Waals surface area contributed by atoms with Crippen molar-refractivity contribution in [3.05, 3.63) is 57.5 Å². The number of hydrogen-bond donors (Lipinski definition) is 1. The molecule has 2 rings (SSSR count). The maximum absolute atomic E-state index is 12.1. The lowest BCUT2D eigenvalue weighted by Gasteiger charge is -2.16. The molecule has 2 aromatic rings. The van der Waals surface area contributed by atoms with Crippen molar-refractivity contribution in [2.75, 3.05) is 5.32 Å². The Bertz CT molecular complexity index is 644. The molecule has 2 aromatic carbocycles. The number of hydrogen-bond acceptors (Lipinski definition) is 2. The molecule has 0 unspecified atom stereocenters. The van der Waals surface area contributed by atoms with Gasteiger partial charge >= 0.3 is 0 Å². The molecule has 1 amide bonds. The van der Waals surface area contributed by atoms with Gasteiger partial charge in [-0.25, -0.2) is 0 Å². The summed E-state index contributed by atoms with van der Waals surface area (Å²) in [4.78, 5) is 12.1. The van der Waals surface area contributed by atoms with Crippen molar-refractivity contribution < 1.29 is 9.53 Å². The van der Waals surface area contributed by atoms with Crippen molar-refractivity contribution in [2.45, 2.75) is 13.0 Å². The van der Waals surface area contributed by atoms with E-state index in [1.165, 1.54) is 0 Å². The molecule has 0 radical (unpaired) electrons. The normalized spacial score (nSPS) is 11.8. The van der Waals surface area contributed by atoms with Crippen LogP contribution in [-0.4, -0.2) is 12.0 Å². The first-order valence-corrected chi connectivity index (χ1v) is 7.28. The Morgan fingerprint density at radius 3 is 2.43 bits per heavy atom. The number of ether oxygens (including phenoxy) is 1. The first-order valence-electron chi connectivity index (χ1n) is 6.14. The number of nitrogens with one attached hydrogen (secondary N) is 1. The Morgan fingerprint density at radius 1 is 1.10 bits per heavy atom. The molecule has 0 saturated carbocycles. The lowest BCUT2D eigenvalue weighted by Crippen LogP contribution is -2.30. The van der Waals surface area contributed by atoms with Crippen LogP contribution >= 0.6 is 34.8 Å². The third-order valence-corrected chi connectivity index (χ3v) is 3.75. The number of amides is 1. The fourth-order valence-corrected chi connectivity index (χ4v) is 2.06. The molecule has 1 atom stereocenters. The van der Waals surface area contributed by atoms with Gasteiger partial charge in [0.2, 0.25) is 0 Å². The van der Waals surface area contributed by atoms with Gasteiger partial charge in [-0.2, -0.15) is 0 Å². The summed E-state index contributed by atoms with van der Waals surface area (Å²) in [6.45, 7) is 1.63. The van der Waals surface area contributed by atoms with Gasteiger partial charge in [0, 0.05) is 10.7 Å². The molecule has 0 spiro atoms. The molecule has 0 aliphatic heterocycles. The second kappa shape index (κ2) is 7.03. The van der Waals surface area contributed by atoms with Crippen LogP contribution in [0.3, 0.4) is 0 Å². The molecule has 0 aromatic heterocycles. The number of carbonyl (C=O) groups is 1. The SMILES string of the molecule is C[C@H](Oc1cccc(Cl)c1Cl)C(=O)Nc1ccc(Cl)cc1. The van der Waals surface area contributed by atoms with Gasteiger partial charge in [0.05, 0.1) is 5.02 Å². The first-order chi connectivity index (χ1) is 9.97. The van der Waals surface area contributed by atoms with Gasteiger partial charge in [-0.05, 0) is 43.3 Å². The molecule has 1 N–H and O–H groups in total. The van der Waals surface area contributed by atoms with Gasteiger partial charge in [0.15, 0.2) is 6.10 Å². The lowest BCUT2D eigenvalue weighted by molar-refractivity contribution is -0.122. The lowest BCUT2D eigenvalue weighted by atomic mass is 10.3. The molecule has 0 aliphatic carbocycles. The molecule has 0 bridgehead atoms. The van der Waals surface area contributed by atoms with Gasteiger partial charge in [-0.15, -0.1) is 0 Å². The summed E-state index contributed by atoms with van der Waals surface area (Å²) in [5, 5.41) is 3.98. The summed E-state index contributed by atoms with van der Waals surface area (Å²) in [7, 11) is 0. The molecule has 0 fully saturated rings. The van der Waals surface area contributed by atoms with Crippen LogP contribution in [0.5, 0.6) is 5.75 Å². The summed E-state index contributed by atoms with van der Waals surface area (Å²) >= 11 is 17.7. The van der Waals surface area contributed by atoms with Crippen LogP contribution in [0.15, 0.2) is 42.5 Å². The molecule has 0 saturated heterocycles. The minimum absolute atomic E-state index is 0.283. The van der Waals surface area contributed by atoms with Crippen LogP contribution in [0.2, 0.25) is 15.1 Å². The van der Waals surface area contributed by atoms with E-state index in [9.17, 15) is 4.79 Å². The van der Waals surface area contributed by atoms with Gasteiger partial charge < -0.3 is 10.1 Å². The van der Waals surface area contributed by atoms with E-state index in [0.717, 1.165) is 0 Å². The quantitative estimate of drug-likeness (QED) is 0.842. The van der Waals surface area contributed by atoms with Crippen LogP contribution in [0.4, 0.5) is 5.69 Å². The average molecular weight is 345 g/mol. The van der Waals surface area contributed by atoms with Crippen LogP contribution in [0, 0.1) is 0 Å². The minimum atomic E-state index is -0.725. The molecule has 3 nitrogen and oxygen atoms in total. The molecule has 21 heavy (non-hydrogen) atoms. The average Bonchev–Trinajstić information content (AvgIpc) is 2.46. The Labute approximate surface area is 137 Å². The van der Waals surface area contributed by atoms with E-state index < -0.39 is 6.10 Å². The molecular formula is C15H12Cl3NO2. The predicted molar refractivity (Wildman–Crippen MR) is 86.6 cm³/mol. The fraction of sp³-hybridized carbons (Fsp3) is 0.133. The zero-order valence-corrected chi connectivity index (χ0v) is 13.3. The van der Waals surface area contributed by atoms with Crippen LogP contribution in [0.1, 0.15) is 6.92 Å². The summed E-state index contributed by atoms with van der Waals surface area (Å²) in [6, 6.07) is 11.8. The van der Waals surface area contributed by atoms with Crippen molar-refractivity contribution in [3.8, 4) is 5.75 Å². The second-order valence-corrected chi connectivity index (χ2v) is 5.53. The largest absolute Gasteiger partial charge is 0.479 e. The smallest absolute Gasteiger partial charge is 0.265 e. The monoisotopic (exact) mass is 343 g/mol. The van der Waals surface area contributed by atoms with E-state index in [4.69, 9.17) is 39.5 Å². The van der Waals surface area contributed by atoms with Gasteiger partial charge in [-0.1, -0.05) is 40.9 Å². The minimum Gasteiger partial charge on any atom is -0.479 e. The van der Waals surface area contributed by atoms with E-state index in [1.54, 1.807) is 49.4 Å². The van der Waals surface area contributed by atoms with E-state index in [0.29, 0.717) is 21.5 Å². The zero-order chi connectivity index (χ0) is 15.4. The Morgan fingerprint density at radius 2 is 1.76 bits per heavy atom. The molecule has 0 aliphatic rings. The Hall–Kier alpha value is -1.42. The third kappa shape index (κ3) is 4.27. The van der Waals surface area contributed by atoms with Crippen molar-refractivity contribution in [1.29, 1.82) is 0 Å². The topological polar surface area (TPSA) is 38.3 Å². The number of halogens is 3. The third-order valence-electron chi connectivity index (χ3n) is 2.70. The summed E-state index contributed by atoms with van der Waals surface area (Å²) in [6.07, 6.45) is -0.725. The maximum atomic E-state index is 12.1. The van der Waals surface area contributed by atoms with Gasteiger partial charge in [0.1, 0.15) is 10.8 Å². The number of rotatable bonds is 4. The number of benzene rings is 2. The predicted octanol–water partition coefficient (Wildman–Crippen LogP) is 5.05. The summed E-state index contributed by atoms with van der Waals surface area (Å²) in [5.41, 5.74) is 0.636. The summed E-state index contributed by atoms with van der Waals surface area (Å²) < 4.78 is 5.53. The highest BCUT2D eigenvalue weighted by molar-refractivity contribution is 6.42. The van der Waals surface area contributed by atoms with Gasteiger partial charge in [0.25, 0.3) is 5.91 Å². The zero-order valence-electron chi connectivity index (χ0n) is 11.1. The van der Waals surface area contributed by atoms with E-state index in [-0.39, 0.29) is 10.9 Å². The Balaban J connectivity index is 2.02. The molecular weight excluding hydrogens is 333 g/mol. The van der Waals surface area contributed by atoms with Crippen LogP contribution < -0.4 is 10.1 Å². The van der Waals surface area contributed by atoms with Crippen molar-refractivity contribution in [3.63, 3.8) is 0 Å².